The largest absolute Gasteiger partial charge is 0.355 e. The third-order valence-corrected chi connectivity index (χ3v) is 6.62. The fraction of sp³-hybridized carbons (Fsp3) is 0.130. The highest BCUT2D eigenvalue weighted by Gasteiger charge is 2.22. The van der Waals surface area contributed by atoms with E-state index < -0.39 is 15.9 Å². The standard InChI is InChI=1S/C23H23N3O4S/c1-16-14-18(22(27)24-2)12-13-21(16)25-23(28)17-8-7-11-20(15-17)31(29,30)26(3)19-9-5-4-6-10-19/h4-15H,1-3H3,(H,24,27)(H,25,28). The van der Waals surface area contributed by atoms with Crippen LogP contribution < -0.4 is 14.9 Å². The fourth-order valence-corrected chi connectivity index (χ4v) is 4.26. The van der Waals surface area contributed by atoms with E-state index in [2.05, 4.69) is 10.6 Å². The first kappa shape index (κ1) is 22.0. The average Bonchev–Trinajstić information content (AvgIpc) is 2.79. The predicted octanol–water partition coefficient (Wildman–Crippen LogP) is 3.43. The number of aryl methyl sites for hydroxylation is 1. The van der Waals surface area contributed by atoms with Gasteiger partial charge in [0.05, 0.1) is 10.6 Å². The fourth-order valence-electron chi connectivity index (χ4n) is 3.02. The van der Waals surface area contributed by atoms with Gasteiger partial charge in [-0.15, -0.1) is 0 Å². The van der Waals surface area contributed by atoms with E-state index >= 15 is 0 Å². The lowest BCUT2D eigenvalue weighted by atomic mass is 10.1. The highest BCUT2D eigenvalue weighted by molar-refractivity contribution is 7.92. The Labute approximate surface area is 181 Å². The molecule has 0 aromatic heterocycles. The number of hydrogen-bond acceptors (Lipinski definition) is 4. The Morgan fingerprint density at radius 1 is 0.839 bits per heavy atom. The molecule has 0 saturated heterocycles. The van der Waals surface area contributed by atoms with Crippen LogP contribution in [0.25, 0.3) is 0 Å². The molecule has 0 aliphatic heterocycles. The van der Waals surface area contributed by atoms with Crippen molar-refractivity contribution in [2.24, 2.45) is 0 Å². The number of amides is 2. The van der Waals surface area contributed by atoms with Crippen molar-refractivity contribution in [3.63, 3.8) is 0 Å². The number of anilines is 2. The molecule has 0 aliphatic carbocycles. The van der Waals surface area contributed by atoms with E-state index in [0.29, 0.717) is 22.5 Å². The normalized spacial score (nSPS) is 10.9. The molecule has 0 aliphatic rings. The maximum absolute atomic E-state index is 13.0. The van der Waals surface area contributed by atoms with Gasteiger partial charge in [0.25, 0.3) is 21.8 Å². The number of carbonyl (C=O) groups is 2. The molecule has 0 fully saturated rings. The van der Waals surface area contributed by atoms with Gasteiger partial charge < -0.3 is 10.6 Å². The van der Waals surface area contributed by atoms with Crippen LogP contribution in [-0.2, 0) is 10.0 Å². The van der Waals surface area contributed by atoms with Crippen LogP contribution in [0.5, 0.6) is 0 Å². The molecule has 0 atom stereocenters. The molecule has 7 nitrogen and oxygen atoms in total. The van der Waals surface area contributed by atoms with Crippen LogP contribution in [0.1, 0.15) is 26.3 Å². The highest BCUT2D eigenvalue weighted by atomic mass is 32.2. The zero-order valence-corrected chi connectivity index (χ0v) is 18.2. The number of nitrogens with one attached hydrogen (secondary N) is 2. The summed E-state index contributed by atoms with van der Waals surface area (Å²) in [4.78, 5) is 24.5. The molecular weight excluding hydrogens is 414 g/mol. The zero-order chi connectivity index (χ0) is 22.6. The summed E-state index contributed by atoms with van der Waals surface area (Å²) in [6, 6.07) is 19.5. The molecule has 0 spiro atoms. The van der Waals surface area contributed by atoms with E-state index in [1.807, 2.05) is 0 Å². The van der Waals surface area contributed by atoms with Crippen molar-refractivity contribution >= 4 is 33.2 Å². The van der Waals surface area contributed by atoms with Crippen molar-refractivity contribution in [1.82, 2.24) is 5.32 Å². The second kappa shape index (κ2) is 9.01. The van der Waals surface area contributed by atoms with E-state index in [9.17, 15) is 18.0 Å². The summed E-state index contributed by atoms with van der Waals surface area (Å²) in [6.45, 7) is 1.78. The van der Waals surface area contributed by atoms with Crippen LogP contribution in [-0.4, -0.2) is 34.3 Å². The maximum Gasteiger partial charge on any atom is 0.264 e. The van der Waals surface area contributed by atoms with E-state index in [1.54, 1.807) is 68.6 Å². The van der Waals surface area contributed by atoms with Crippen molar-refractivity contribution < 1.29 is 18.0 Å². The SMILES string of the molecule is CNC(=O)c1ccc(NC(=O)c2cccc(S(=O)(=O)N(C)c3ccccc3)c2)c(C)c1. The van der Waals surface area contributed by atoms with E-state index in [-0.39, 0.29) is 16.4 Å². The Balaban J connectivity index is 1.84. The highest BCUT2D eigenvalue weighted by Crippen LogP contribution is 2.23. The molecule has 3 aromatic carbocycles. The average molecular weight is 438 g/mol. The van der Waals surface area contributed by atoms with Crippen LogP contribution >= 0.6 is 0 Å². The monoisotopic (exact) mass is 437 g/mol. The summed E-state index contributed by atoms with van der Waals surface area (Å²) in [7, 11) is -0.826. The molecular formula is C23H23N3O4S. The summed E-state index contributed by atoms with van der Waals surface area (Å²) in [6.07, 6.45) is 0. The van der Waals surface area contributed by atoms with Crippen LogP contribution in [0, 0.1) is 6.92 Å². The number of sulfonamides is 1. The molecule has 0 radical (unpaired) electrons. The Bertz CT molecular complexity index is 1220. The van der Waals surface area contributed by atoms with Crippen LogP contribution in [0.3, 0.4) is 0 Å². The quantitative estimate of drug-likeness (QED) is 0.618. The van der Waals surface area contributed by atoms with Gasteiger partial charge in [0.2, 0.25) is 0 Å². The van der Waals surface area contributed by atoms with Gasteiger partial charge in [-0.2, -0.15) is 0 Å². The number of hydrogen-bond donors (Lipinski definition) is 2. The molecule has 160 valence electrons. The van der Waals surface area contributed by atoms with Crippen molar-refractivity contribution in [2.45, 2.75) is 11.8 Å². The molecule has 31 heavy (non-hydrogen) atoms. The van der Waals surface area contributed by atoms with Gasteiger partial charge in [-0.05, 0) is 61.0 Å². The van der Waals surface area contributed by atoms with Gasteiger partial charge in [0.1, 0.15) is 0 Å². The van der Waals surface area contributed by atoms with Crippen LogP contribution in [0.4, 0.5) is 11.4 Å². The number of benzene rings is 3. The van der Waals surface area contributed by atoms with Gasteiger partial charge in [0, 0.05) is 30.9 Å². The smallest absolute Gasteiger partial charge is 0.264 e. The van der Waals surface area contributed by atoms with E-state index in [1.165, 1.54) is 29.6 Å². The minimum atomic E-state index is -3.84. The molecule has 0 bridgehead atoms. The Morgan fingerprint density at radius 2 is 1.52 bits per heavy atom. The number of para-hydroxylation sites is 1. The lowest BCUT2D eigenvalue weighted by molar-refractivity contribution is 0.0962. The topological polar surface area (TPSA) is 95.6 Å². The first-order chi connectivity index (χ1) is 14.7. The first-order valence-electron chi connectivity index (χ1n) is 9.52. The second-order valence-electron chi connectivity index (χ2n) is 6.90. The third kappa shape index (κ3) is 4.75. The minimum Gasteiger partial charge on any atom is -0.355 e. The van der Waals surface area contributed by atoms with Gasteiger partial charge in [-0.3, -0.25) is 13.9 Å². The lowest BCUT2D eigenvalue weighted by Crippen LogP contribution is -2.26. The molecule has 0 unspecified atom stereocenters. The summed E-state index contributed by atoms with van der Waals surface area (Å²) in [5, 5.41) is 5.32. The molecule has 3 rings (SSSR count). The van der Waals surface area contributed by atoms with Crippen molar-refractivity contribution in [3.05, 3.63) is 89.5 Å². The van der Waals surface area contributed by atoms with E-state index in [0.717, 1.165) is 0 Å². The maximum atomic E-state index is 13.0. The predicted molar refractivity (Wildman–Crippen MR) is 121 cm³/mol. The van der Waals surface area contributed by atoms with Crippen LogP contribution in [0.2, 0.25) is 0 Å². The molecule has 0 saturated carbocycles. The Hall–Kier alpha value is -3.65. The third-order valence-electron chi connectivity index (χ3n) is 4.84. The van der Waals surface area contributed by atoms with Crippen molar-refractivity contribution in [3.8, 4) is 0 Å². The summed E-state index contributed by atoms with van der Waals surface area (Å²) < 4.78 is 27.2. The molecule has 2 amide bonds. The summed E-state index contributed by atoms with van der Waals surface area (Å²) in [5.74, 6) is -0.670. The van der Waals surface area contributed by atoms with Crippen LogP contribution in [0.15, 0.2) is 77.7 Å². The van der Waals surface area contributed by atoms with Gasteiger partial charge in [0.15, 0.2) is 0 Å². The zero-order valence-electron chi connectivity index (χ0n) is 17.4. The van der Waals surface area contributed by atoms with Crippen molar-refractivity contribution in [2.75, 3.05) is 23.7 Å². The molecule has 2 N–H and O–H groups in total. The molecule has 0 heterocycles. The van der Waals surface area contributed by atoms with Gasteiger partial charge in [-0.1, -0.05) is 24.3 Å². The molecule has 3 aromatic rings. The Morgan fingerprint density at radius 3 is 2.16 bits per heavy atom. The molecule has 8 heteroatoms. The number of carbonyl (C=O) groups excluding carboxylic acids is 2. The van der Waals surface area contributed by atoms with Gasteiger partial charge >= 0.3 is 0 Å². The summed E-state index contributed by atoms with van der Waals surface area (Å²) >= 11 is 0. The van der Waals surface area contributed by atoms with Gasteiger partial charge in [-0.25, -0.2) is 8.42 Å². The minimum absolute atomic E-state index is 0.0122. The number of nitrogens with zero attached hydrogens (tertiary/aromatic N) is 1. The van der Waals surface area contributed by atoms with E-state index in [4.69, 9.17) is 0 Å². The first-order valence-corrected chi connectivity index (χ1v) is 11.0. The Kier molecular flexibility index (Phi) is 6.41. The summed E-state index contributed by atoms with van der Waals surface area (Å²) in [5.41, 5.74) is 2.45. The lowest BCUT2D eigenvalue weighted by Gasteiger charge is -2.19. The second-order valence-corrected chi connectivity index (χ2v) is 8.87. The van der Waals surface area contributed by atoms with Crippen molar-refractivity contribution in [1.29, 1.82) is 0 Å². The number of rotatable bonds is 6.